The number of halogens is 1. The number of nitrogens with zero attached hydrogens (tertiary/aromatic N) is 1. The monoisotopic (exact) mass is 551 g/mol. The Morgan fingerprint density at radius 2 is 1.86 bits per heavy atom. The molecule has 0 radical (unpaired) electrons. The van der Waals surface area contributed by atoms with E-state index in [4.69, 9.17) is 14.2 Å². The van der Waals surface area contributed by atoms with Crippen molar-refractivity contribution in [3.8, 4) is 17.2 Å². The van der Waals surface area contributed by atoms with E-state index in [9.17, 15) is 9.59 Å². The Kier molecular flexibility index (Phi) is 7.80. The molecule has 0 spiro atoms. The number of carbonyl (C=O) groups is 2. The molecule has 0 fully saturated rings. The second kappa shape index (κ2) is 11.2. The molecule has 0 aliphatic carbocycles. The highest BCUT2D eigenvalue weighted by molar-refractivity contribution is 9.10. The number of hydrogen-bond acceptors (Lipinski definition) is 6. The van der Waals surface area contributed by atoms with E-state index in [1.54, 1.807) is 61.7 Å². The SMILES string of the molecule is C=CCOc1ccc(C(=O)NN2C(=O)c3cc(Br)ccc3NC2c2cc(OCC)ccc2OC)cc1. The van der Waals surface area contributed by atoms with Crippen LogP contribution in [0.5, 0.6) is 17.2 Å². The molecular weight excluding hydrogens is 526 g/mol. The summed E-state index contributed by atoms with van der Waals surface area (Å²) in [6.07, 6.45) is 0.876. The van der Waals surface area contributed by atoms with Gasteiger partial charge in [-0.3, -0.25) is 15.0 Å². The minimum absolute atomic E-state index is 0.360. The maximum atomic E-state index is 13.7. The molecule has 1 atom stereocenters. The van der Waals surface area contributed by atoms with Crippen molar-refractivity contribution in [3.05, 3.63) is 94.5 Å². The second-order valence-corrected chi connectivity index (χ2v) is 8.73. The standard InChI is InChI=1S/C27H26BrN3O5/c1-4-14-36-19-9-6-17(7-10-19)26(32)30-31-25(22-16-20(35-5-2)11-13-24(22)34-3)29-23-12-8-18(28)15-21(23)27(31)33/h4,6-13,15-16,25,29H,1,5,14H2,2-3H3,(H,30,32). The second-order valence-electron chi connectivity index (χ2n) is 7.81. The molecule has 1 unspecified atom stereocenters. The number of carbonyl (C=O) groups excluding carboxylic acids is 2. The number of hydrazine groups is 1. The highest BCUT2D eigenvalue weighted by atomic mass is 79.9. The van der Waals surface area contributed by atoms with E-state index in [1.165, 1.54) is 5.01 Å². The maximum Gasteiger partial charge on any atom is 0.276 e. The maximum absolute atomic E-state index is 13.7. The van der Waals surface area contributed by atoms with Gasteiger partial charge in [0, 0.05) is 21.3 Å². The van der Waals surface area contributed by atoms with Crippen LogP contribution in [0.4, 0.5) is 5.69 Å². The van der Waals surface area contributed by atoms with E-state index < -0.39 is 12.1 Å². The van der Waals surface area contributed by atoms with Crippen molar-refractivity contribution < 1.29 is 23.8 Å². The summed E-state index contributed by atoms with van der Waals surface area (Å²) in [6.45, 7) is 6.35. The zero-order valence-corrected chi connectivity index (χ0v) is 21.5. The average molecular weight is 552 g/mol. The Labute approximate surface area is 217 Å². The zero-order valence-electron chi connectivity index (χ0n) is 19.9. The highest BCUT2D eigenvalue weighted by Crippen LogP contribution is 2.38. The molecule has 2 N–H and O–H groups in total. The van der Waals surface area contributed by atoms with Gasteiger partial charge in [-0.05, 0) is 67.6 Å². The van der Waals surface area contributed by atoms with Crippen LogP contribution >= 0.6 is 15.9 Å². The first-order valence-electron chi connectivity index (χ1n) is 11.3. The fourth-order valence-corrected chi connectivity index (χ4v) is 4.19. The van der Waals surface area contributed by atoms with E-state index in [0.717, 1.165) is 4.47 Å². The lowest BCUT2D eigenvalue weighted by Crippen LogP contribution is -2.53. The molecule has 1 aliphatic rings. The molecule has 8 nitrogen and oxygen atoms in total. The molecule has 0 saturated carbocycles. The lowest BCUT2D eigenvalue weighted by Gasteiger charge is -2.38. The first kappa shape index (κ1) is 25.1. The first-order valence-corrected chi connectivity index (χ1v) is 12.1. The summed E-state index contributed by atoms with van der Waals surface area (Å²) >= 11 is 3.42. The third-order valence-corrected chi connectivity index (χ3v) is 5.99. The molecule has 0 aromatic heterocycles. The quantitative estimate of drug-likeness (QED) is 0.349. The van der Waals surface area contributed by atoms with Gasteiger partial charge in [-0.2, -0.15) is 0 Å². The van der Waals surface area contributed by atoms with Crippen LogP contribution < -0.4 is 25.0 Å². The van der Waals surface area contributed by atoms with Gasteiger partial charge in [-0.25, -0.2) is 5.01 Å². The van der Waals surface area contributed by atoms with Crippen molar-refractivity contribution in [1.82, 2.24) is 10.4 Å². The summed E-state index contributed by atoms with van der Waals surface area (Å²) in [5.74, 6) is 0.927. The summed E-state index contributed by atoms with van der Waals surface area (Å²) in [6, 6.07) is 17.4. The van der Waals surface area contributed by atoms with Crippen molar-refractivity contribution in [2.24, 2.45) is 0 Å². The molecule has 4 rings (SSSR count). The normalized spacial score (nSPS) is 14.4. The number of rotatable bonds is 9. The van der Waals surface area contributed by atoms with E-state index in [-0.39, 0.29) is 5.91 Å². The van der Waals surface area contributed by atoms with Gasteiger partial charge in [0.15, 0.2) is 6.17 Å². The topological polar surface area (TPSA) is 89.1 Å². The number of benzene rings is 3. The lowest BCUT2D eigenvalue weighted by molar-refractivity contribution is 0.0488. The van der Waals surface area contributed by atoms with Gasteiger partial charge < -0.3 is 19.5 Å². The molecule has 3 aromatic carbocycles. The summed E-state index contributed by atoms with van der Waals surface area (Å²) in [7, 11) is 1.55. The number of hydrogen-bond donors (Lipinski definition) is 2. The van der Waals surface area contributed by atoms with E-state index >= 15 is 0 Å². The smallest absolute Gasteiger partial charge is 0.276 e. The predicted octanol–water partition coefficient (Wildman–Crippen LogP) is 5.33. The van der Waals surface area contributed by atoms with Gasteiger partial charge in [0.1, 0.15) is 23.9 Å². The third-order valence-electron chi connectivity index (χ3n) is 5.49. The van der Waals surface area contributed by atoms with Gasteiger partial charge in [-0.15, -0.1) is 0 Å². The average Bonchev–Trinajstić information content (AvgIpc) is 2.89. The van der Waals surface area contributed by atoms with Crippen LogP contribution in [-0.2, 0) is 0 Å². The minimum Gasteiger partial charge on any atom is -0.496 e. The molecule has 1 aliphatic heterocycles. The summed E-state index contributed by atoms with van der Waals surface area (Å²) in [5.41, 5.74) is 4.80. The van der Waals surface area contributed by atoms with Gasteiger partial charge in [-0.1, -0.05) is 28.6 Å². The Balaban J connectivity index is 1.71. The van der Waals surface area contributed by atoms with Crippen LogP contribution in [0.1, 0.15) is 39.4 Å². The van der Waals surface area contributed by atoms with Gasteiger partial charge in [0.25, 0.3) is 11.8 Å². The van der Waals surface area contributed by atoms with Crippen molar-refractivity contribution in [2.75, 3.05) is 25.6 Å². The van der Waals surface area contributed by atoms with Gasteiger partial charge in [0.05, 0.1) is 19.3 Å². The lowest BCUT2D eigenvalue weighted by atomic mass is 10.0. The van der Waals surface area contributed by atoms with Crippen molar-refractivity contribution >= 4 is 33.4 Å². The molecule has 9 heteroatoms. The molecular formula is C27H26BrN3O5. The number of ether oxygens (including phenoxy) is 3. The van der Waals surface area contributed by atoms with E-state index in [0.29, 0.717) is 52.8 Å². The number of methoxy groups -OCH3 is 1. The third kappa shape index (κ3) is 5.31. The van der Waals surface area contributed by atoms with Crippen LogP contribution in [0.3, 0.4) is 0 Å². The molecule has 2 amide bonds. The summed E-state index contributed by atoms with van der Waals surface area (Å²) in [4.78, 5) is 26.9. The van der Waals surface area contributed by atoms with Crippen LogP contribution in [-0.4, -0.2) is 37.1 Å². The summed E-state index contributed by atoms with van der Waals surface area (Å²) in [5, 5.41) is 4.63. The van der Waals surface area contributed by atoms with Gasteiger partial charge in [0.2, 0.25) is 0 Å². The Hall–Kier alpha value is -3.98. The zero-order chi connectivity index (χ0) is 25.7. The molecule has 3 aromatic rings. The van der Waals surface area contributed by atoms with Crippen LogP contribution in [0.15, 0.2) is 77.8 Å². The van der Waals surface area contributed by atoms with Crippen LogP contribution in [0, 0.1) is 0 Å². The Bertz CT molecular complexity index is 1280. The van der Waals surface area contributed by atoms with Gasteiger partial charge >= 0.3 is 0 Å². The van der Waals surface area contributed by atoms with Crippen LogP contribution in [0.25, 0.3) is 0 Å². The molecule has 0 saturated heterocycles. The predicted molar refractivity (Wildman–Crippen MR) is 140 cm³/mol. The minimum atomic E-state index is -0.763. The number of nitrogens with one attached hydrogen (secondary N) is 2. The Morgan fingerprint density at radius 3 is 2.56 bits per heavy atom. The summed E-state index contributed by atoms with van der Waals surface area (Å²) < 4.78 is 17.5. The molecule has 186 valence electrons. The molecule has 1 heterocycles. The Morgan fingerprint density at radius 1 is 1.11 bits per heavy atom. The fraction of sp³-hybridized carbons (Fsp3) is 0.185. The number of anilines is 1. The first-order chi connectivity index (χ1) is 17.4. The fourth-order valence-electron chi connectivity index (χ4n) is 3.82. The van der Waals surface area contributed by atoms with E-state index in [2.05, 4.69) is 33.3 Å². The molecule has 36 heavy (non-hydrogen) atoms. The highest BCUT2D eigenvalue weighted by Gasteiger charge is 2.36. The van der Waals surface area contributed by atoms with E-state index in [1.807, 2.05) is 19.1 Å². The van der Waals surface area contributed by atoms with Crippen molar-refractivity contribution in [3.63, 3.8) is 0 Å². The van der Waals surface area contributed by atoms with Crippen LogP contribution in [0.2, 0.25) is 0 Å². The number of amides is 2. The largest absolute Gasteiger partial charge is 0.496 e. The van der Waals surface area contributed by atoms with Crippen molar-refractivity contribution in [1.29, 1.82) is 0 Å². The number of fused-ring (bicyclic) bond motifs is 1. The molecule has 0 bridgehead atoms. The van der Waals surface area contributed by atoms with Crippen molar-refractivity contribution in [2.45, 2.75) is 13.1 Å².